The molecule has 3 rings (SSSR count). The molecular formula is C23H21BrN2O6S. The molecule has 0 unspecified atom stereocenters. The third-order valence-corrected chi connectivity index (χ3v) is 5.94. The molecule has 1 aliphatic rings. The SMILES string of the molecule is CCOC(=O)COc1ccc(/C=C2\SC(=O)N(CC(=O)Nc3ccc(C)cc3)C2=O)cc1Br. The molecular weight excluding hydrogens is 512 g/mol. The van der Waals surface area contributed by atoms with E-state index in [1.165, 1.54) is 0 Å². The molecule has 0 saturated carbocycles. The van der Waals surface area contributed by atoms with E-state index in [0.717, 1.165) is 22.2 Å². The number of nitrogens with one attached hydrogen (secondary N) is 1. The molecule has 10 heteroatoms. The molecule has 33 heavy (non-hydrogen) atoms. The summed E-state index contributed by atoms with van der Waals surface area (Å²) in [6.45, 7) is 3.31. The number of hydrogen-bond acceptors (Lipinski definition) is 7. The van der Waals surface area contributed by atoms with Gasteiger partial charge in [-0.05, 0) is 77.4 Å². The number of rotatable bonds is 8. The maximum Gasteiger partial charge on any atom is 0.344 e. The molecule has 1 fully saturated rings. The highest BCUT2D eigenvalue weighted by atomic mass is 79.9. The Morgan fingerprint density at radius 1 is 1.15 bits per heavy atom. The molecule has 0 aliphatic carbocycles. The van der Waals surface area contributed by atoms with Crippen molar-refractivity contribution in [3.8, 4) is 5.75 Å². The normalized spacial score (nSPS) is 14.5. The molecule has 2 aromatic carbocycles. The Labute approximate surface area is 203 Å². The van der Waals surface area contributed by atoms with Crippen molar-refractivity contribution < 1.29 is 28.7 Å². The number of esters is 1. The van der Waals surface area contributed by atoms with Crippen LogP contribution < -0.4 is 10.1 Å². The summed E-state index contributed by atoms with van der Waals surface area (Å²) < 4.78 is 10.8. The van der Waals surface area contributed by atoms with Crippen molar-refractivity contribution in [3.63, 3.8) is 0 Å². The van der Waals surface area contributed by atoms with Crippen molar-refractivity contribution in [1.29, 1.82) is 0 Å². The lowest BCUT2D eigenvalue weighted by Crippen LogP contribution is -2.36. The molecule has 0 atom stereocenters. The molecule has 172 valence electrons. The van der Waals surface area contributed by atoms with Gasteiger partial charge in [-0.2, -0.15) is 0 Å². The van der Waals surface area contributed by atoms with E-state index in [9.17, 15) is 19.2 Å². The lowest BCUT2D eigenvalue weighted by molar-refractivity contribution is -0.145. The van der Waals surface area contributed by atoms with E-state index < -0.39 is 23.0 Å². The first kappa shape index (κ1) is 24.5. The fraction of sp³-hybridized carbons (Fsp3) is 0.217. The Hall–Kier alpha value is -3.11. The van der Waals surface area contributed by atoms with Crippen molar-refractivity contribution in [2.24, 2.45) is 0 Å². The van der Waals surface area contributed by atoms with Gasteiger partial charge in [0.15, 0.2) is 6.61 Å². The number of anilines is 1. The molecule has 0 aromatic heterocycles. The number of hydrogen-bond donors (Lipinski definition) is 1. The molecule has 0 bridgehead atoms. The summed E-state index contributed by atoms with van der Waals surface area (Å²) >= 11 is 4.13. The number of carbonyl (C=O) groups excluding carboxylic acids is 4. The zero-order valence-corrected chi connectivity index (χ0v) is 20.3. The number of imide groups is 1. The van der Waals surface area contributed by atoms with Gasteiger partial charge in [-0.25, -0.2) is 4.79 Å². The monoisotopic (exact) mass is 532 g/mol. The maximum atomic E-state index is 12.7. The van der Waals surface area contributed by atoms with Crippen LogP contribution in [0.1, 0.15) is 18.1 Å². The molecule has 0 radical (unpaired) electrons. The second-order valence-electron chi connectivity index (χ2n) is 6.97. The maximum absolute atomic E-state index is 12.7. The summed E-state index contributed by atoms with van der Waals surface area (Å²) in [7, 11) is 0. The molecule has 1 heterocycles. The summed E-state index contributed by atoms with van der Waals surface area (Å²) in [5.41, 5.74) is 2.28. The molecule has 8 nitrogen and oxygen atoms in total. The Morgan fingerprint density at radius 3 is 2.55 bits per heavy atom. The quantitative estimate of drug-likeness (QED) is 0.397. The van der Waals surface area contributed by atoms with Gasteiger partial charge in [0, 0.05) is 5.69 Å². The van der Waals surface area contributed by atoms with Gasteiger partial charge in [0.2, 0.25) is 5.91 Å². The summed E-state index contributed by atoms with van der Waals surface area (Å²) in [6.07, 6.45) is 1.56. The zero-order chi connectivity index (χ0) is 24.0. The van der Waals surface area contributed by atoms with E-state index in [1.807, 2.05) is 19.1 Å². The third kappa shape index (κ3) is 6.69. The summed E-state index contributed by atoms with van der Waals surface area (Å²) in [5.74, 6) is -1.05. The van der Waals surface area contributed by atoms with Crippen molar-refractivity contribution >= 4 is 62.5 Å². The first-order chi connectivity index (χ1) is 15.8. The predicted octanol–water partition coefficient (Wildman–Crippen LogP) is 4.37. The van der Waals surface area contributed by atoms with Crippen molar-refractivity contribution in [3.05, 3.63) is 63.0 Å². The minimum absolute atomic E-state index is 0.204. The standard InChI is InChI=1S/C23H21BrN2O6S/c1-3-31-21(28)13-32-18-9-6-15(10-17(18)24)11-19-22(29)26(23(30)33-19)12-20(27)25-16-7-4-14(2)5-8-16/h4-11H,3,12-13H2,1-2H3,(H,25,27)/b19-11-. The Bertz CT molecular complexity index is 1120. The van der Waals surface area contributed by atoms with E-state index >= 15 is 0 Å². The van der Waals surface area contributed by atoms with Crippen molar-refractivity contribution in [2.75, 3.05) is 25.1 Å². The molecule has 3 amide bonds. The van der Waals surface area contributed by atoms with Crippen LogP contribution in [0.2, 0.25) is 0 Å². The molecule has 1 saturated heterocycles. The number of benzene rings is 2. The van der Waals surface area contributed by atoms with Gasteiger partial charge in [0.25, 0.3) is 11.1 Å². The highest BCUT2D eigenvalue weighted by Crippen LogP contribution is 2.33. The minimum Gasteiger partial charge on any atom is -0.481 e. The largest absolute Gasteiger partial charge is 0.481 e. The average molecular weight is 533 g/mol. The Kier molecular flexibility index (Phi) is 8.29. The van der Waals surface area contributed by atoms with Gasteiger partial charge in [-0.3, -0.25) is 19.3 Å². The van der Waals surface area contributed by atoms with Crippen molar-refractivity contribution in [1.82, 2.24) is 4.90 Å². The van der Waals surface area contributed by atoms with Gasteiger partial charge in [0.1, 0.15) is 12.3 Å². The highest BCUT2D eigenvalue weighted by molar-refractivity contribution is 9.10. The topological polar surface area (TPSA) is 102 Å². The van der Waals surface area contributed by atoms with Gasteiger partial charge < -0.3 is 14.8 Å². The molecule has 0 spiro atoms. The van der Waals surface area contributed by atoms with Gasteiger partial charge in [-0.1, -0.05) is 23.8 Å². The van der Waals surface area contributed by atoms with Gasteiger partial charge >= 0.3 is 5.97 Å². The van der Waals surface area contributed by atoms with Crippen LogP contribution >= 0.6 is 27.7 Å². The highest BCUT2D eigenvalue weighted by Gasteiger charge is 2.36. The van der Waals surface area contributed by atoms with Gasteiger partial charge in [0.05, 0.1) is 16.0 Å². The lowest BCUT2D eigenvalue weighted by atomic mass is 10.2. The number of aryl methyl sites for hydroxylation is 1. The summed E-state index contributed by atoms with van der Waals surface area (Å²) in [5, 5.41) is 2.16. The second-order valence-corrected chi connectivity index (χ2v) is 8.81. The Morgan fingerprint density at radius 2 is 1.88 bits per heavy atom. The third-order valence-electron chi connectivity index (χ3n) is 4.42. The van der Waals surface area contributed by atoms with Gasteiger partial charge in [-0.15, -0.1) is 0 Å². The molecule has 2 aromatic rings. The van der Waals surface area contributed by atoms with Crippen LogP contribution in [0.15, 0.2) is 51.8 Å². The van der Waals surface area contributed by atoms with E-state index in [2.05, 4.69) is 21.2 Å². The number of thioether (sulfide) groups is 1. The number of ether oxygens (including phenoxy) is 2. The Balaban J connectivity index is 1.63. The van der Waals surface area contributed by atoms with Crippen LogP contribution in [0, 0.1) is 6.92 Å². The predicted molar refractivity (Wildman–Crippen MR) is 129 cm³/mol. The van der Waals surface area contributed by atoms with E-state index in [-0.39, 0.29) is 24.7 Å². The number of carbonyl (C=O) groups is 4. The summed E-state index contributed by atoms with van der Waals surface area (Å²) in [4.78, 5) is 49.9. The number of nitrogens with zero attached hydrogens (tertiary/aromatic N) is 1. The van der Waals surface area contributed by atoms with Crippen LogP contribution in [0.3, 0.4) is 0 Å². The van der Waals surface area contributed by atoms with E-state index in [4.69, 9.17) is 9.47 Å². The number of halogens is 1. The molecule has 1 aliphatic heterocycles. The molecule has 1 N–H and O–H groups in total. The summed E-state index contributed by atoms with van der Waals surface area (Å²) in [6, 6.07) is 12.2. The first-order valence-corrected chi connectivity index (χ1v) is 11.6. The van der Waals surface area contributed by atoms with Crippen LogP contribution in [-0.2, 0) is 19.1 Å². The fourth-order valence-corrected chi connectivity index (χ4v) is 4.18. The van der Waals surface area contributed by atoms with E-state index in [1.54, 1.807) is 43.3 Å². The smallest absolute Gasteiger partial charge is 0.344 e. The van der Waals surface area contributed by atoms with Crippen LogP contribution in [-0.4, -0.2) is 47.7 Å². The van der Waals surface area contributed by atoms with E-state index in [0.29, 0.717) is 21.5 Å². The van der Waals surface area contributed by atoms with Crippen LogP contribution in [0.5, 0.6) is 5.75 Å². The fourth-order valence-electron chi connectivity index (χ4n) is 2.83. The van der Waals surface area contributed by atoms with Crippen LogP contribution in [0.4, 0.5) is 10.5 Å². The average Bonchev–Trinajstić information content (AvgIpc) is 3.02. The lowest BCUT2D eigenvalue weighted by Gasteiger charge is -2.12. The first-order valence-electron chi connectivity index (χ1n) is 9.96. The number of amides is 3. The zero-order valence-electron chi connectivity index (χ0n) is 17.9. The minimum atomic E-state index is -0.539. The van der Waals surface area contributed by atoms with Crippen molar-refractivity contribution in [2.45, 2.75) is 13.8 Å². The van der Waals surface area contributed by atoms with Crippen LogP contribution in [0.25, 0.3) is 6.08 Å². The second kappa shape index (κ2) is 11.2.